The smallest absolute Gasteiger partial charge is 0.744 e. The van der Waals surface area contributed by atoms with Crippen LogP contribution in [0.2, 0.25) is 0 Å². The monoisotopic (exact) mass is 316 g/mol. The summed E-state index contributed by atoms with van der Waals surface area (Å²) in [4.78, 5) is 11.2. The van der Waals surface area contributed by atoms with E-state index < -0.39 is 21.0 Å². The first-order valence-corrected chi connectivity index (χ1v) is 6.71. The molecule has 5 nitrogen and oxygen atoms in total. The second-order valence-electron chi connectivity index (χ2n) is 3.66. The van der Waals surface area contributed by atoms with Crippen LogP contribution in [-0.2, 0) is 10.1 Å². The molecular formula is C13H9KO5S. The van der Waals surface area contributed by atoms with Crippen molar-refractivity contribution in [1.29, 1.82) is 0 Å². The van der Waals surface area contributed by atoms with Crippen LogP contribution in [0.25, 0.3) is 0 Å². The molecular weight excluding hydrogens is 307 g/mol. The van der Waals surface area contributed by atoms with E-state index in [1.165, 1.54) is 30.3 Å². The SMILES string of the molecule is O=C(Oc1ccccc1S(=O)(=O)[O-])c1ccccc1.[K+]. The Kier molecular flexibility index (Phi) is 6.53. The Morgan fingerprint density at radius 3 is 2.10 bits per heavy atom. The average Bonchev–Trinajstić information content (AvgIpc) is 2.39. The third-order valence-corrected chi connectivity index (χ3v) is 3.21. The van der Waals surface area contributed by atoms with Crippen molar-refractivity contribution in [2.45, 2.75) is 4.90 Å². The molecule has 0 unspecified atom stereocenters. The molecule has 7 heteroatoms. The zero-order valence-electron chi connectivity index (χ0n) is 10.6. The maximum atomic E-state index is 11.8. The summed E-state index contributed by atoms with van der Waals surface area (Å²) in [7, 11) is -4.69. The first-order chi connectivity index (χ1) is 8.98. The van der Waals surface area contributed by atoms with Gasteiger partial charge < -0.3 is 9.29 Å². The molecule has 2 aromatic carbocycles. The number of esters is 1. The zero-order valence-corrected chi connectivity index (χ0v) is 14.6. The fourth-order valence-electron chi connectivity index (χ4n) is 1.47. The second kappa shape index (κ2) is 7.46. The number of carbonyl (C=O) groups is 1. The van der Waals surface area contributed by atoms with E-state index >= 15 is 0 Å². The van der Waals surface area contributed by atoms with Gasteiger partial charge in [-0.25, -0.2) is 13.2 Å². The van der Waals surface area contributed by atoms with Crippen LogP contribution in [0.5, 0.6) is 5.75 Å². The second-order valence-corrected chi connectivity index (χ2v) is 5.00. The maximum Gasteiger partial charge on any atom is 1.00 e. The van der Waals surface area contributed by atoms with Crippen LogP contribution in [0.15, 0.2) is 59.5 Å². The van der Waals surface area contributed by atoms with Gasteiger partial charge in [0.25, 0.3) is 0 Å². The fraction of sp³-hybridized carbons (Fsp3) is 0. The van der Waals surface area contributed by atoms with Gasteiger partial charge in [-0.1, -0.05) is 30.3 Å². The molecule has 2 aromatic rings. The molecule has 20 heavy (non-hydrogen) atoms. The van der Waals surface area contributed by atoms with Gasteiger partial charge in [0.1, 0.15) is 15.9 Å². The molecule has 98 valence electrons. The molecule has 0 bridgehead atoms. The third-order valence-electron chi connectivity index (χ3n) is 2.33. The Bertz CT molecular complexity index is 698. The minimum atomic E-state index is -4.69. The van der Waals surface area contributed by atoms with Gasteiger partial charge in [-0.15, -0.1) is 0 Å². The average molecular weight is 316 g/mol. The van der Waals surface area contributed by atoms with E-state index in [2.05, 4.69) is 0 Å². The molecule has 0 aliphatic carbocycles. The standard InChI is InChI=1S/C13H10O5S.K/c14-13(10-6-2-1-3-7-10)18-11-8-4-5-9-12(11)19(15,16)17;/h1-9H,(H,15,16,17);/q;+1/p-1. The van der Waals surface area contributed by atoms with Crippen LogP contribution in [0.1, 0.15) is 10.4 Å². The topological polar surface area (TPSA) is 83.5 Å². The van der Waals surface area contributed by atoms with E-state index in [0.29, 0.717) is 0 Å². The molecule has 0 aliphatic heterocycles. The van der Waals surface area contributed by atoms with Crippen molar-refractivity contribution in [1.82, 2.24) is 0 Å². The van der Waals surface area contributed by atoms with Crippen molar-refractivity contribution >= 4 is 16.1 Å². The Hall–Kier alpha value is -0.544. The number of hydrogen-bond donors (Lipinski definition) is 0. The number of carbonyl (C=O) groups excluding carboxylic acids is 1. The van der Waals surface area contributed by atoms with E-state index in [4.69, 9.17) is 4.74 Å². The molecule has 0 radical (unpaired) electrons. The van der Waals surface area contributed by atoms with E-state index in [-0.39, 0.29) is 62.7 Å². The Morgan fingerprint density at radius 1 is 0.950 bits per heavy atom. The van der Waals surface area contributed by atoms with Crippen molar-refractivity contribution < 1.29 is 73.9 Å². The number of hydrogen-bond acceptors (Lipinski definition) is 5. The molecule has 0 heterocycles. The first kappa shape index (κ1) is 17.5. The van der Waals surface area contributed by atoms with E-state index in [9.17, 15) is 17.8 Å². The summed E-state index contributed by atoms with van der Waals surface area (Å²) in [6, 6.07) is 13.3. The Balaban J connectivity index is 0.00000200. The summed E-state index contributed by atoms with van der Waals surface area (Å²) in [5.74, 6) is -0.997. The van der Waals surface area contributed by atoms with Gasteiger partial charge in [-0.2, -0.15) is 0 Å². The minimum absolute atomic E-state index is 0. The third kappa shape index (κ3) is 4.49. The molecule has 0 N–H and O–H groups in total. The van der Waals surface area contributed by atoms with Crippen LogP contribution >= 0.6 is 0 Å². The molecule has 0 spiro atoms. The summed E-state index contributed by atoms with van der Waals surface area (Å²) in [6.45, 7) is 0. The molecule has 0 saturated heterocycles. The zero-order chi connectivity index (χ0) is 13.9. The Labute approximate surface area is 159 Å². The van der Waals surface area contributed by atoms with Crippen LogP contribution in [-0.4, -0.2) is 18.9 Å². The largest absolute Gasteiger partial charge is 1.00 e. The summed E-state index contributed by atoms with van der Waals surface area (Å²) in [5, 5.41) is 0. The van der Waals surface area contributed by atoms with Gasteiger partial charge >= 0.3 is 57.4 Å². The summed E-state index contributed by atoms with van der Waals surface area (Å²) in [6.07, 6.45) is 0. The van der Waals surface area contributed by atoms with Gasteiger partial charge in [-0.3, -0.25) is 0 Å². The predicted molar refractivity (Wildman–Crippen MR) is 65.8 cm³/mol. The predicted octanol–water partition coefficient (Wildman–Crippen LogP) is -1.19. The molecule has 0 atom stereocenters. The molecule has 0 amide bonds. The number of benzene rings is 2. The van der Waals surface area contributed by atoms with E-state index in [0.717, 1.165) is 6.07 Å². The number of para-hydroxylation sites is 1. The van der Waals surface area contributed by atoms with Crippen molar-refractivity contribution in [2.24, 2.45) is 0 Å². The van der Waals surface area contributed by atoms with Crippen LogP contribution in [0, 0.1) is 0 Å². The van der Waals surface area contributed by atoms with Gasteiger partial charge in [0.05, 0.1) is 10.5 Å². The fourth-order valence-corrected chi connectivity index (χ4v) is 2.08. The Morgan fingerprint density at radius 2 is 1.50 bits per heavy atom. The quantitative estimate of drug-likeness (QED) is 0.308. The normalized spacial score (nSPS) is 10.4. The van der Waals surface area contributed by atoms with Crippen LogP contribution in [0.4, 0.5) is 0 Å². The van der Waals surface area contributed by atoms with Gasteiger partial charge in [-0.05, 0) is 24.3 Å². The molecule has 0 saturated carbocycles. The van der Waals surface area contributed by atoms with E-state index in [1.807, 2.05) is 0 Å². The molecule has 2 rings (SSSR count). The van der Waals surface area contributed by atoms with Crippen LogP contribution < -0.4 is 56.1 Å². The molecule has 0 aliphatic rings. The van der Waals surface area contributed by atoms with Gasteiger partial charge in [0, 0.05) is 0 Å². The summed E-state index contributed by atoms with van der Waals surface area (Å²) < 4.78 is 38.0. The van der Waals surface area contributed by atoms with Crippen LogP contribution in [0.3, 0.4) is 0 Å². The first-order valence-electron chi connectivity index (χ1n) is 5.30. The van der Waals surface area contributed by atoms with Crippen molar-refractivity contribution in [2.75, 3.05) is 0 Å². The van der Waals surface area contributed by atoms with Crippen molar-refractivity contribution in [3.63, 3.8) is 0 Å². The molecule has 0 aromatic heterocycles. The van der Waals surface area contributed by atoms with Crippen molar-refractivity contribution in [3.05, 3.63) is 60.2 Å². The summed E-state index contributed by atoms with van der Waals surface area (Å²) in [5.41, 5.74) is 0.264. The van der Waals surface area contributed by atoms with Crippen molar-refractivity contribution in [3.8, 4) is 5.75 Å². The maximum absolute atomic E-state index is 11.8. The number of ether oxygens (including phenoxy) is 1. The summed E-state index contributed by atoms with van der Waals surface area (Å²) >= 11 is 0. The number of rotatable bonds is 3. The van der Waals surface area contributed by atoms with Gasteiger partial charge in [0.2, 0.25) is 0 Å². The molecule has 0 fully saturated rings. The minimum Gasteiger partial charge on any atom is -0.744 e. The van der Waals surface area contributed by atoms with E-state index in [1.54, 1.807) is 18.2 Å². The van der Waals surface area contributed by atoms with Gasteiger partial charge in [0.15, 0.2) is 0 Å².